The van der Waals surface area contributed by atoms with E-state index in [0.29, 0.717) is 21.7 Å². The molecular weight excluding hydrogens is 449 g/mol. The number of likely N-dealkylation sites (tertiary alicyclic amines) is 1. The highest BCUT2D eigenvalue weighted by Gasteiger charge is 2.50. The van der Waals surface area contributed by atoms with E-state index < -0.39 is 12.6 Å². The Kier molecular flexibility index (Phi) is 6.16. The number of ether oxygens (including phenoxy) is 1. The molecule has 2 fully saturated rings. The van der Waals surface area contributed by atoms with Crippen LogP contribution in [0.25, 0.3) is 10.2 Å². The maximum Gasteiger partial charge on any atom is 0.393 e. The summed E-state index contributed by atoms with van der Waals surface area (Å²) < 4.78 is 44.2. The number of thiophene rings is 1. The van der Waals surface area contributed by atoms with E-state index >= 15 is 0 Å². The highest BCUT2D eigenvalue weighted by Crippen LogP contribution is 2.45. The zero-order valence-corrected chi connectivity index (χ0v) is 20.0. The Morgan fingerprint density at radius 2 is 2.03 bits per heavy atom. The first kappa shape index (κ1) is 23.1. The normalized spacial score (nSPS) is 22.2. The van der Waals surface area contributed by atoms with Crippen molar-refractivity contribution >= 4 is 27.4 Å². The minimum absolute atomic E-state index is 0.239. The Morgan fingerprint density at radius 1 is 1.21 bits per heavy atom. The molecule has 2 aromatic rings. The van der Waals surface area contributed by atoms with E-state index in [1.54, 1.807) is 6.07 Å². The van der Waals surface area contributed by atoms with E-state index in [1.165, 1.54) is 11.9 Å². The molecule has 5 rings (SSSR count). The molecule has 5 nitrogen and oxygen atoms in total. The first-order valence-electron chi connectivity index (χ1n) is 11.8. The minimum atomic E-state index is -4.21. The summed E-state index contributed by atoms with van der Waals surface area (Å²) in [4.78, 5) is 14.6. The Balaban J connectivity index is 1.29. The van der Waals surface area contributed by atoms with Crippen LogP contribution in [0, 0.1) is 11.3 Å². The first-order valence-corrected chi connectivity index (χ1v) is 12.6. The zero-order valence-electron chi connectivity index (χ0n) is 19.2. The SMILES string of the molecule is CC(C)C[C@@H](C1=CCOCC1)N1CC2(CCN(c3ncnc4sc(CC(F)(F)F)cc34)C2)C1. The van der Waals surface area contributed by atoms with Gasteiger partial charge in [-0.05, 0) is 31.2 Å². The van der Waals surface area contributed by atoms with Crippen LogP contribution >= 0.6 is 11.3 Å². The first-order chi connectivity index (χ1) is 15.7. The summed E-state index contributed by atoms with van der Waals surface area (Å²) >= 11 is 1.12. The number of halogens is 3. The number of nitrogens with zero attached hydrogens (tertiary/aromatic N) is 4. The lowest BCUT2D eigenvalue weighted by Gasteiger charge is -2.53. The number of aromatic nitrogens is 2. The summed E-state index contributed by atoms with van der Waals surface area (Å²) in [5, 5.41) is 0.750. The molecule has 2 saturated heterocycles. The van der Waals surface area contributed by atoms with Crippen molar-refractivity contribution in [3.8, 4) is 0 Å². The number of anilines is 1. The van der Waals surface area contributed by atoms with Gasteiger partial charge in [0.2, 0.25) is 0 Å². The minimum Gasteiger partial charge on any atom is -0.377 e. The molecule has 2 aromatic heterocycles. The molecule has 0 aromatic carbocycles. The molecule has 0 aliphatic carbocycles. The Labute approximate surface area is 196 Å². The van der Waals surface area contributed by atoms with E-state index in [4.69, 9.17) is 4.74 Å². The fourth-order valence-electron chi connectivity index (χ4n) is 5.66. The highest BCUT2D eigenvalue weighted by molar-refractivity contribution is 7.18. The second-order valence-corrected chi connectivity index (χ2v) is 11.4. The van der Waals surface area contributed by atoms with Gasteiger partial charge < -0.3 is 9.64 Å². The van der Waals surface area contributed by atoms with Crippen LogP contribution < -0.4 is 4.90 Å². The standard InChI is InChI=1S/C24H31F3N4OS/c1-16(2)9-20(17-3-7-32-8-4-17)31-13-23(14-31)5-6-30(12-23)21-19-10-18(11-24(25,26)27)33-22(19)29-15-28-21/h3,10,15-16,20H,4-9,11-14H2,1-2H3/t20-/m0/s1. The van der Waals surface area contributed by atoms with Crippen LogP contribution in [0.3, 0.4) is 0 Å². The third kappa shape index (κ3) is 4.91. The van der Waals surface area contributed by atoms with E-state index in [0.717, 1.165) is 81.2 Å². The summed E-state index contributed by atoms with van der Waals surface area (Å²) in [6.07, 6.45) is 1.90. The van der Waals surface area contributed by atoms with Gasteiger partial charge in [-0.1, -0.05) is 25.5 Å². The van der Waals surface area contributed by atoms with Crippen LogP contribution in [0.5, 0.6) is 0 Å². The molecule has 33 heavy (non-hydrogen) atoms. The predicted octanol–water partition coefficient (Wildman–Crippen LogP) is 5.07. The monoisotopic (exact) mass is 480 g/mol. The molecule has 3 aliphatic rings. The number of rotatable bonds is 6. The predicted molar refractivity (Wildman–Crippen MR) is 125 cm³/mol. The van der Waals surface area contributed by atoms with Gasteiger partial charge in [-0.2, -0.15) is 13.2 Å². The summed E-state index contributed by atoms with van der Waals surface area (Å²) in [5.41, 5.74) is 1.76. The Bertz CT molecular complexity index is 1030. The summed E-state index contributed by atoms with van der Waals surface area (Å²) in [6, 6.07) is 2.12. The lowest BCUT2D eigenvalue weighted by Crippen LogP contribution is -2.61. The number of alkyl halides is 3. The maximum absolute atomic E-state index is 12.9. The quantitative estimate of drug-likeness (QED) is 0.540. The number of fused-ring (bicyclic) bond motifs is 1. The van der Waals surface area contributed by atoms with Crippen LogP contribution in [0.2, 0.25) is 0 Å². The molecule has 180 valence electrons. The number of hydrogen-bond donors (Lipinski definition) is 0. The van der Waals surface area contributed by atoms with Gasteiger partial charge in [0.05, 0.1) is 25.0 Å². The highest BCUT2D eigenvalue weighted by atomic mass is 32.1. The van der Waals surface area contributed by atoms with Gasteiger partial charge in [0, 0.05) is 42.5 Å². The van der Waals surface area contributed by atoms with E-state index in [9.17, 15) is 13.2 Å². The lowest BCUT2D eigenvalue weighted by atomic mass is 9.76. The van der Waals surface area contributed by atoms with E-state index in [2.05, 4.69) is 39.7 Å². The average molecular weight is 481 g/mol. The van der Waals surface area contributed by atoms with Gasteiger partial charge in [0.25, 0.3) is 0 Å². The van der Waals surface area contributed by atoms with Gasteiger partial charge >= 0.3 is 6.18 Å². The van der Waals surface area contributed by atoms with E-state index in [-0.39, 0.29) is 5.41 Å². The van der Waals surface area contributed by atoms with Crippen molar-refractivity contribution in [1.29, 1.82) is 0 Å². The largest absolute Gasteiger partial charge is 0.393 e. The van der Waals surface area contributed by atoms with Crippen LogP contribution in [0.4, 0.5) is 19.0 Å². The fraction of sp³-hybridized carbons (Fsp3) is 0.667. The van der Waals surface area contributed by atoms with Gasteiger partial charge in [-0.3, -0.25) is 4.90 Å². The van der Waals surface area contributed by atoms with E-state index in [1.807, 2.05) is 0 Å². The molecule has 0 bridgehead atoms. The molecule has 3 aliphatic heterocycles. The van der Waals surface area contributed by atoms with Crippen molar-refractivity contribution in [1.82, 2.24) is 14.9 Å². The smallest absolute Gasteiger partial charge is 0.377 e. The average Bonchev–Trinajstić information content (AvgIpc) is 3.34. The summed E-state index contributed by atoms with van der Waals surface area (Å²) in [5.74, 6) is 1.42. The van der Waals surface area contributed by atoms with Crippen molar-refractivity contribution in [3.63, 3.8) is 0 Å². The molecule has 0 radical (unpaired) electrons. The molecule has 5 heterocycles. The molecule has 0 saturated carbocycles. The van der Waals surface area contributed by atoms with Gasteiger partial charge in [-0.25, -0.2) is 9.97 Å². The Morgan fingerprint density at radius 3 is 2.73 bits per heavy atom. The molecule has 1 atom stereocenters. The second kappa shape index (κ2) is 8.82. The molecule has 9 heteroatoms. The molecule has 0 N–H and O–H groups in total. The van der Waals surface area contributed by atoms with Gasteiger partial charge in [-0.15, -0.1) is 11.3 Å². The van der Waals surface area contributed by atoms with Crippen LogP contribution in [-0.4, -0.2) is 66.5 Å². The molecule has 0 amide bonds. The van der Waals surface area contributed by atoms with Gasteiger partial charge in [0.15, 0.2) is 0 Å². The third-order valence-corrected chi connectivity index (χ3v) is 8.15. The summed E-state index contributed by atoms with van der Waals surface area (Å²) in [7, 11) is 0. The molecule has 1 spiro atoms. The van der Waals surface area contributed by atoms with Crippen LogP contribution in [0.1, 0.15) is 38.0 Å². The summed E-state index contributed by atoms with van der Waals surface area (Å²) in [6.45, 7) is 10.0. The van der Waals surface area contributed by atoms with Gasteiger partial charge in [0.1, 0.15) is 17.0 Å². The number of hydrogen-bond acceptors (Lipinski definition) is 6. The molecular formula is C24H31F3N4OS. The van der Waals surface area contributed by atoms with Crippen molar-refractivity contribution in [2.24, 2.45) is 11.3 Å². The second-order valence-electron chi connectivity index (χ2n) is 10.2. The Hall–Kier alpha value is -1.71. The fourth-order valence-corrected chi connectivity index (χ4v) is 6.69. The lowest BCUT2D eigenvalue weighted by molar-refractivity contribution is -0.126. The topological polar surface area (TPSA) is 41.5 Å². The molecule has 0 unspecified atom stereocenters. The van der Waals surface area contributed by atoms with Crippen molar-refractivity contribution in [2.75, 3.05) is 44.3 Å². The van der Waals surface area contributed by atoms with Crippen molar-refractivity contribution in [3.05, 3.63) is 28.9 Å². The van der Waals surface area contributed by atoms with Crippen molar-refractivity contribution < 1.29 is 17.9 Å². The third-order valence-electron chi connectivity index (χ3n) is 7.11. The zero-order chi connectivity index (χ0) is 23.2. The maximum atomic E-state index is 12.9. The van der Waals surface area contributed by atoms with Crippen LogP contribution in [-0.2, 0) is 11.2 Å². The van der Waals surface area contributed by atoms with Crippen molar-refractivity contribution in [2.45, 2.75) is 51.7 Å². The van der Waals surface area contributed by atoms with Crippen LogP contribution in [0.15, 0.2) is 24.0 Å².